The summed E-state index contributed by atoms with van der Waals surface area (Å²) in [6.45, 7) is 9.33. The quantitative estimate of drug-likeness (QED) is 0.147. The maximum atomic E-state index is 11.5. The van der Waals surface area contributed by atoms with Crippen LogP contribution in [0.4, 0.5) is 0 Å². The molecule has 0 aliphatic heterocycles. The molecule has 3 aromatic rings. The Morgan fingerprint density at radius 1 is 0.676 bits per heavy atom. The first-order chi connectivity index (χ1) is 16.1. The second kappa shape index (κ2) is 13.0. The van der Waals surface area contributed by atoms with Crippen LogP contribution < -0.4 is 15.9 Å². The van der Waals surface area contributed by atoms with Crippen LogP contribution >= 0.6 is 27.3 Å². The number of benzene rings is 3. The zero-order valence-corrected chi connectivity index (χ0v) is 24.2. The first-order valence-corrected chi connectivity index (χ1v) is 16.6. The second-order valence-electron chi connectivity index (χ2n) is 8.93. The van der Waals surface area contributed by atoms with Gasteiger partial charge < -0.3 is 9.59 Å². The fourth-order valence-electron chi connectivity index (χ4n) is 3.67. The van der Waals surface area contributed by atoms with Crippen molar-refractivity contribution in [2.75, 3.05) is 0 Å². The summed E-state index contributed by atoms with van der Waals surface area (Å²) in [5, 5.41) is 4.19. The molecule has 1 saturated carbocycles. The molecule has 0 bridgehead atoms. The Balaban J connectivity index is 0.000000234. The molecule has 3 aromatic carbocycles. The van der Waals surface area contributed by atoms with Crippen LogP contribution in [0.1, 0.15) is 34.6 Å². The summed E-state index contributed by atoms with van der Waals surface area (Å²) in [5.41, 5.74) is -0.824. The van der Waals surface area contributed by atoms with E-state index in [4.69, 9.17) is 19.4 Å². The number of hydrogen-bond donors (Lipinski definition) is 0. The van der Waals surface area contributed by atoms with Gasteiger partial charge in [-0.05, 0) is 29.3 Å². The van der Waals surface area contributed by atoms with E-state index in [1.807, 2.05) is 27.7 Å². The summed E-state index contributed by atoms with van der Waals surface area (Å²) in [7, 11) is 9.26. The second-order valence-corrected chi connectivity index (χ2v) is 13.8. The van der Waals surface area contributed by atoms with Crippen molar-refractivity contribution in [3.8, 4) is 0 Å². The zero-order valence-electron chi connectivity index (χ0n) is 20.0. The van der Waals surface area contributed by atoms with E-state index in [9.17, 15) is 9.59 Å². The first-order valence-electron chi connectivity index (χ1n) is 10.8. The Bertz CT molecular complexity index is 964. The molecule has 0 heterocycles. The Morgan fingerprint density at radius 2 is 0.971 bits per heavy atom. The maximum Gasteiger partial charge on any atom is -0.0134 e. The van der Waals surface area contributed by atoms with Crippen molar-refractivity contribution in [1.82, 2.24) is 0 Å². The van der Waals surface area contributed by atoms with Gasteiger partial charge in [-0.1, -0.05) is 124 Å². The van der Waals surface area contributed by atoms with Crippen LogP contribution in [0.15, 0.2) is 91.0 Å². The van der Waals surface area contributed by atoms with Crippen molar-refractivity contribution in [2.24, 2.45) is 10.8 Å². The minimum absolute atomic E-state index is 0.245. The molecule has 2 nitrogen and oxygen atoms in total. The van der Waals surface area contributed by atoms with Gasteiger partial charge in [0, 0.05) is 0 Å². The summed E-state index contributed by atoms with van der Waals surface area (Å²) < 4.78 is 0. The molecule has 4 rings (SSSR count). The number of ketones is 2. The molecule has 1 aliphatic carbocycles. The third-order valence-corrected chi connectivity index (χ3v) is 9.10. The van der Waals surface area contributed by atoms with Crippen molar-refractivity contribution < 1.29 is 24.7 Å². The summed E-state index contributed by atoms with van der Waals surface area (Å²) in [5.74, 6) is 0.160. The molecule has 6 heteroatoms. The van der Waals surface area contributed by atoms with E-state index < -0.39 is 13.3 Å². The van der Waals surface area contributed by atoms with Crippen molar-refractivity contribution in [1.29, 1.82) is 0 Å². The first kappa shape index (κ1) is 28.7. The largest absolute Gasteiger partial charge is 0.0622 e. The van der Waals surface area contributed by atoms with E-state index in [1.54, 1.807) is 6.92 Å². The third-order valence-electron chi connectivity index (χ3n) is 6.66. The van der Waals surface area contributed by atoms with Gasteiger partial charge in [-0.3, -0.25) is 0 Å². The van der Waals surface area contributed by atoms with Gasteiger partial charge in [-0.2, -0.15) is 5.92 Å². The Labute approximate surface area is 220 Å². The topological polar surface area (TPSA) is 34.1 Å². The van der Waals surface area contributed by atoms with Gasteiger partial charge in [0.1, 0.15) is 0 Å². The molecule has 0 saturated heterocycles. The number of carbonyl (C=O) groups is 2. The van der Waals surface area contributed by atoms with Crippen LogP contribution in [0.3, 0.4) is 0 Å². The molecule has 0 spiro atoms. The molecule has 1 aliphatic rings. The van der Waals surface area contributed by atoms with Gasteiger partial charge in [-0.25, -0.2) is 0 Å². The van der Waals surface area contributed by atoms with Crippen LogP contribution in [-0.4, -0.2) is 11.6 Å². The van der Waals surface area contributed by atoms with Gasteiger partial charge >= 0.3 is 34.5 Å². The summed E-state index contributed by atoms with van der Waals surface area (Å²) in [6, 6.07) is 32.3. The molecular weight excluding hydrogens is 571 g/mol. The van der Waals surface area contributed by atoms with E-state index in [0.717, 1.165) is 0 Å². The van der Waals surface area contributed by atoms with Crippen LogP contribution in [0, 0.1) is 16.7 Å². The van der Waals surface area contributed by atoms with E-state index in [2.05, 4.69) is 91.0 Å². The summed E-state index contributed by atoms with van der Waals surface area (Å²) in [6.07, 6.45) is 0. The Morgan fingerprint density at radius 3 is 1.15 bits per heavy atom. The number of Topliss-reactive ketones (excluding diaryl/α,β-unsaturated/α-hetero) is 2. The van der Waals surface area contributed by atoms with Gasteiger partial charge in [0.2, 0.25) is 0 Å². The number of halogens is 2. The maximum absolute atomic E-state index is 11.5. The van der Waals surface area contributed by atoms with Crippen molar-refractivity contribution in [2.45, 2.75) is 34.6 Å². The molecule has 0 N–H and O–H groups in total. The van der Waals surface area contributed by atoms with E-state index in [-0.39, 0.29) is 32.1 Å². The van der Waals surface area contributed by atoms with Gasteiger partial charge in [0.05, 0.1) is 11.6 Å². The molecule has 182 valence electrons. The van der Waals surface area contributed by atoms with Crippen LogP contribution in [-0.2, 0) is 24.7 Å². The van der Waals surface area contributed by atoms with Gasteiger partial charge in [0.25, 0.3) is 0 Å². The molecule has 0 aromatic heterocycles. The third kappa shape index (κ3) is 6.58. The van der Waals surface area contributed by atoms with Gasteiger partial charge in [-0.15, -0.1) is 6.92 Å². The number of carbonyl (C=O) groups excluding carboxylic acids is 2. The molecule has 34 heavy (non-hydrogen) atoms. The molecule has 0 atom stereocenters. The summed E-state index contributed by atoms with van der Waals surface area (Å²) in [4.78, 5) is 22.8. The molecule has 1 fully saturated rings. The number of rotatable bonds is 3. The monoisotopic (exact) mass is 601 g/mol. The van der Waals surface area contributed by atoms with E-state index in [0.29, 0.717) is 5.92 Å². The Hall–Kier alpha value is -1.50. The van der Waals surface area contributed by atoms with Crippen molar-refractivity contribution in [3.63, 3.8) is 0 Å². The molecule has 0 unspecified atom stereocenters. The van der Waals surface area contributed by atoms with Crippen LogP contribution in [0.2, 0.25) is 0 Å². The van der Waals surface area contributed by atoms with Crippen LogP contribution in [0.5, 0.6) is 0 Å². The predicted octanol–water partition coefficient (Wildman–Crippen LogP) is 6.61. The molecule has 0 radical (unpaired) electrons. The standard InChI is InChI=1S/C18H15P.C10H15O2.2ClH.Ru/c1-4-10-16(11-5-1)19(17-12-6-2-7-13-17)18-14-8-3-9-15-18;1-6-7(11)8(12)10(4,5)9(6,2)3;;;/h1-15H;1-5H3;2*1H;/q;-1;;;+2/p-2. The predicted molar refractivity (Wildman–Crippen MR) is 143 cm³/mol. The van der Waals surface area contributed by atoms with Crippen molar-refractivity contribution in [3.05, 3.63) is 96.9 Å². The number of hydrogen-bond acceptors (Lipinski definition) is 2. The fourth-order valence-corrected chi connectivity index (χ4v) is 5.97. The van der Waals surface area contributed by atoms with E-state index in [1.165, 1.54) is 15.9 Å². The minimum atomic E-state index is -0.534. The van der Waals surface area contributed by atoms with Gasteiger partial charge in [0.15, 0.2) is 0 Å². The van der Waals surface area contributed by atoms with Crippen molar-refractivity contribution >= 4 is 54.8 Å². The van der Waals surface area contributed by atoms with Crippen LogP contribution in [0.25, 0.3) is 0 Å². The minimum Gasteiger partial charge on any atom is -0.0622 e. The summed E-state index contributed by atoms with van der Waals surface area (Å²) >= 11 is -0.346. The smallest absolute Gasteiger partial charge is 0.0134 e. The Kier molecular flexibility index (Phi) is 11.0. The SMILES string of the molecule is C[C-]1C(=O)C(=O)C(C)(C)C1(C)C.[Cl][Ru][Cl].c1ccc(P(c2ccccc2)c2ccccc2)cc1. The van der Waals surface area contributed by atoms with E-state index >= 15 is 0 Å². The zero-order chi connectivity index (χ0) is 25.4. The normalized spacial score (nSPS) is 15.9. The fraction of sp³-hybridized carbons (Fsp3) is 0.250. The average Bonchev–Trinajstić information content (AvgIpc) is 2.95. The molecular formula is C28H30Cl2O2PRu-. The average molecular weight is 601 g/mol. The molecule has 0 amide bonds.